The second-order valence-corrected chi connectivity index (χ2v) is 10.1. The summed E-state index contributed by atoms with van der Waals surface area (Å²) in [5.41, 5.74) is -1.34. The molecule has 1 fully saturated rings. The molecule has 9 nitrogen and oxygen atoms in total. The highest BCUT2D eigenvalue weighted by molar-refractivity contribution is 7.92. The van der Waals surface area contributed by atoms with Crippen molar-refractivity contribution >= 4 is 21.6 Å². The number of carbonyl (C=O) groups is 1. The summed E-state index contributed by atoms with van der Waals surface area (Å²) in [6.45, 7) is 3.17. The van der Waals surface area contributed by atoms with Gasteiger partial charge < -0.3 is 19.5 Å². The minimum atomic E-state index is -4.70. The molecular weight excluding hydrogens is 515 g/mol. The predicted molar refractivity (Wildman–Crippen MR) is 130 cm³/mol. The van der Waals surface area contributed by atoms with Gasteiger partial charge in [0.1, 0.15) is 6.54 Å². The van der Waals surface area contributed by atoms with Crippen molar-refractivity contribution in [1.29, 1.82) is 0 Å². The van der Waals surface area contributed by atoms with Gasteiger partial charge in [-0.15, -0.1) is 0 Å². The number of anilines is 1. The molecule has 0 saturated carbocycles. The number of hydrogen-bond donors (Lipinski definition) is 1. The minimum Gasteiger partial charge on any atom is -0.493 e. The highest BCUT2D eigenvalue weighted by Gasteiger charge is 2.33. The Labute approximate surface area is 214 Å². The fraction of sp³-hybridized carbons (Fsp3) is 0.458. The molecule has 1 aliphatic rings. The van der Waals surface area contributed by atoms with E-state index in [1.807, 2.05) is 0 Å². The molecule has 1 amide bonds. The molecule has 37 heavy (non-hydrogen) atoms. The molecule has 0 aliphatic carbocycles. The zero-order valence-corrected chi connectivity index (χ0v) is 21.4. The number of benzene rings is 2. The maximum absolute atomic E-state index is 13.6. The van der Waals surface area contributed by atoms with Crippen LogP contribution in [0.3, 0.4) is 0 Å². The van der Waals surface area contributed by atoms with E-state index in [0.717, 1.165) is 31.8 Å². The molecule has 1 saturated heterocycles. The Hall–Kier alpha value is -3.03. The molecule has 2 aromatic carbocycles. The Balaban J connectivity index is 1.84. The summed E-state index contributed by atoms with van der Waals surface area (Å²) in [5, 5.41) is 2.66. The van der Waals surface area contributed by atoms with Gasteiger partial charge in [0.05, 0.1) is 43.6 Å². The van der Waals surface area contributed by atoms with Crippen molar-refractivity contribution in [2.24, 2.45) is 0 Å². The number of alkyl halides is 3. The van der Waals surface area contributed by atoms with Crippen molar-refractivity contribution in [3.63, 3.8) is 0 Å². The predicted octanol–water partition coefficient (Wildman–Crippen LogP) is 2.76. The number of morpholine rings is 1. The molecule has 0 atom stereocenters. The smallest absolute Gasteiger partial charge is 0.416 e. The van der Waals surface area contributed by atoms with Crippen molar-refractivity contribution in [3.8, 4) is 11.5 Å². The lowest BCUT2D eigenvalue weighted by molar-refractivity contribution is -0.137. The van der Waals surface area contributed by atoms with Crippen LogP contribution in [0.2, 0.25) is 0 Å². The van der Waals surface area contributed by atoms with Gasteiger partial charge in [-0.05, 0) is 43.3 Å². The molecule has 0 bridgehead atoms. The zero-order chi connectivity index (χ0) is 27.1. The number of sulfonamides is 1. The van der Waals surface area contributed by atoms with Crippen LogP contribution >= 0.6 is 0 Å². The first-order chi connectivity index (χ1) is 17.6. The number of nitrogens with zero attached hydrogens (tertiary/aromatic N) is 2. The van der Waals surface area contributed by atoms with Crippen LogP contribution in [-0.2, 0) is 25.7 Å². The van der Waals surface area contributed by atoms with E-state index in [2.05, 4.69) is 10.2 Å². The average Bonchev–Trinajstić information content (AvgIpc) is 2.89. The van der Waals surface area contributed by atoms with E-state index in [1.165, 1.54) is 38.5 Å². The molecule has 1 aliphatic heterocycles. The Bertz CT molecular complexity index is 1170. The van der Waals surface area contributed by atoms with E-state index in [1.54, 1.807) is 0 Å². The van der Waals surface area contributed by atoms with E-state index >= 15 is 0 Å². The van der Waals surface area contributed by atoms with Crippen LogP contribution in [0.5, 0.6) is 11.5 Å². The summed E-state index contributed by atoms with van der Waals surface area (Å²) in [5.74, 6) is -0.270. The highest BCUT2D eigenvalue weighted by atomic mass is 32.2. The van der Waals surface area contributed by atoms with Crippen molar-refractivity contribution in [2.75, 3.05) is 64.5 Å². The van der Waals surface area contributed by atoms with Crippen LogP contribution < -0.4 is 19.1 Å². The summed E-state index contributed by atoms with van der Waals surface area (Å²) in [6.07, 6.45) is -4.08. The van der Waals surface area contributed by atoms with Gasteiger partial charge >= 0.3 is 6.18 Å². The molecule has 2 aromatic rings. The van der Waals surface area contributed by atoms with Gasteiger partial charge in [-0.2, -0.15) is 13.2 Å². The molecule has 0 aromatic heterocycles. The quantitative estimate of drug-likeness (QED) is 0.434. The minimum absolute atomic E-state index is 0.111. The lowest BCUT2D eigenvalue weighted by atomic mass is 10.2. The van der Waals surface area contributed by atoms with E-state index in [4.69, 9.17) is 14.2 Å². The normalized spacial score (nSPS) is 14.7. The van der Waals surface area contributed by atoms with Gasteiger partial charge in [-0.25, -0.2) is 8.42 Å². The van der Waals surface area contributed by atoms with Gasteiger partial charge in [0.2, 0.25) is 5.91 Å². The second-order valence-electron chi connectivity index (χ2n) is 8.23. The Kier molecular flexibility index (Phi) is 9.62. The first-order valence-corrected chi connectivity index (χ1v) is 13.0. The highest BCUT2D eigenvalue weighted by Crippen LogP contribution is 2.35. The van der Waals surface area contributed by atoms with Crippen LogP contribution in [0.25, 0.3) is 0 Å². The van der Waals surface area contributed by atoms with Gasteiger partial charge in [0, 0.05) is 25.7 Å². The molecule has 0 radical (unpaired) electrons. The number of nitrogens with one attached hydrogen (secondary N) is 1. The van der Waals surface area contributed by atoms with Gasteiger partial charge in [-0.3, -0.25) is 14.0 Å². The summed E-state index contributed by atoms with van der Waals surface area (Å²) in [6, 6.07) is 7.61. The monoisotopic (exact) mass is 545 g/mol. The first-order valence-electron chi connectivity index (χ1n) is 11.5. The Morgan fingerprint density at radius 2 is 1.78 bits per heavy atom. The molecule has 13 heteroatoms. The van der Waals surface area contributed by atoms with Gasteiger partial charge in [0.15, 0.2) is 11.5 Å². The number of halogens is 3. The zero-order valence-electron chi connectivity index (χ0n) is 20.6. The van der Waals surface area contributed by atoms with Crippen LogP contribution in [-0.4, -0.2) is 79.4 Å². The fourth-order valence-corrected chi connectivity index (χ4v) is 5.23. The number of amides is 1. The standard InChI is InChI=1S/C24H30F3N3O6S/c1-34-21-8-7-20(16-22(21)35-2)37(32,33)30(19-6-3-5-18(15-19)24(25,26)27)17-23(31)28-9-4-10-29-11-13-36-14-12-29/h3,5-8,15-16H,4,9-14,17H2,1-2H3,(H,28,31). The van der Waals surface area contributed by atoms with Crippen molar-refractivity contribution in [3.05, 3.63) is 48.0 Å². The van der Waals surface area contributed by atoms with E-state index in [0.29, 0.717) is 30.0 Å². The summed E-state index contributed by atoms with van der Waals surface area (Å²) in [4.78, 5) is 14.7. The van der Waals surface area contributed by atoms with Gasteiger partial charge in [0.25, 0.3) is 10.0 Å². The number of carbonyl (C=O) groups excluding carboxylic acids is 1. The van der Waals surface area contributed by atoms with Crippen LogP contribution in [0.15, 0.2) is 47.4 Å². The van der Waals surface area contributed by atoms with Crippen LogP contribution in [0, 0.1) is 0 Å². The van der Waals surface area contributed by atoms with Crippen LogP contribution in [0.4, 0.5) is 18.9 Å². The summed E-state index contributed by atoms with van der Waals surface area (Å²) < 4.78 is 83.5. The number of rotatable bonds is 11. The Morgan fingerprint density at radius 1 is 1.08 bits per heavy atom. The van der Waals surface area contributed by atoms with E-state index in [-0.39, 0.29) is 28.6 Å². The maximum Gasteiger partial charge on any atom is 0.416 e. The number of ether oxygens (including phenoxy) is 3. The van der Waals surface area contributed by atoms with E-state index < -0.39 is 34.2 Å². The third-order valence-electron chi connectivity index (χ3n) is 5.77. The lowest BCUT2D eigenvalue weighted by Gasteiger charge is -2.27. The SMILES string of the molecule is COc1ccc(S(=O)(=O)N(CC(=O)NCCCN2CCOCC2)c2cccc(C(F)(F)F)c2)cc1OC. The third-order valence-corrected chi connectivity index (χ3v) is 7.54. The first kappa shape index (κ1) is 28.5. The van der Waals surface area contributed by atoms with Gasteiger partial charge in [-0.1, -0.05) is 6.07 Å². The fourth-order valence-electron chi connectivity index (χ4n) is 3.80. The van der Waals surface area contributed by atoms with Crippen molar-refractivity contribution < 1.29 is 40.6 Å². The third kappa shape index (κ3) is 7.49. The molecule has 0 spiro atoms. The molecule has 1 heterocycles. The molecule has 3 rings (SSSR count). The number of methoxy groups -OCH3 is 2. The Morgan fingerprint density at radius 3 is 2.43 bits per heavy atom. The average molecular weight is 546 g/mol. The van der Waals surface area contributed by atoms with Crippen molar-refractivity contribution in [2.45, 2.75) is 17.5 Å². The summed E-state index contributed by atoms with van der Waals surface area (Å²) >= 11 is 0. The molecule has 0 unspecified atom stereocenters. The van der Waals surface area contributed by atoms with E-state index in [9.17, 15) is 26.4 Å². The molecular formula is C24H30F3N3O6S. The molecule has 204 valence electrons. The molecule has 1 N–H and O–H groups in total. The maximum atomic E-state index is 13.6. The van der Waals surface area contributed by atoms with Crippen LogP contribution in [0.1, 0.15) is 12.0 Å². The summed E-state index contributed by atoms with van der Waals surface area (Å²) in [7, 11) is -1.77. The number of hydrogen-bond acceptors (Lipinski definition) is 7. The van der Waals surface area contributed by atoms with Crippen molar-refractivity contribution in [1.82, 2.24) is 10.2 Å². The topological polar surface area (TPSA) is 97.4 Å². The lowest BCUT2D eigenvalue weighted by Crippen LogP contribution is -2.42. The second kappa shape index (κ2) is 12.5. The largest absolute Gasteiger partial charge is 0.493 e.